The zero-order chi connectivity index (χ0) is 24.3. The molecule has 0 spiro atoms. The van der Waals surface area contributed by atoms with E-state index in [-0.39, 0.29) is 11.8 Å². The first-order valence-corrected chi connectivity index (χ1v) is 12.1. The van der Waals surface area contributed by atoms with Crippen LogP contribution in [0.15, 0.2) is 84.9 Å². The van der Waals surface area contributed by atoms with Gasteiger partial charge in [0.1, 0.15) is 6.04 Å². The molecule has 0 heterocycles. The van der Waals surface area contributed by atoms with Gasteiger partial charge in [0.25, 0.3) is 0 Å². The van der Waals surface area contributed by atoms with Crippen LogP contribution in [-0.2, 0) is 29.0 Å². The molecule has 4 nitrogen and oxygen atoms in total. The molecule has 0 saturated heterocycles. The van der Waals surface area contributed by atoms with E-state index in [0.717, 1.165) is 22.3 Å². The third kappa shape index (κ3) is 7.87. The van der Waals surface area contributed by atoms with E-state index in [9.17, 15) is 9.59 Å². The molecule has 0 bridgehead atoms. The lowest BCUT2D eigenvalue weighted by molar-refractivity contribution is -0.141. The number of nitrogens with one attached hydrogen (secondary N) is 1. The topological polar surface area (TPSA) is 49.4 Å². The molecular formula is C30H36N2O2. The van der Waals surface area contributed by atoms with Gasteiger partial charge in [-0.2, -0.15) is 0 Å². The molecule has 0 aromatic heterocycles. The number of rotatable bonds is 11. The van der Waals surface area contributed by atoms with Crippen LogP contribution in [0.1, 0.15) is 42.5 Å². The Kier molecular flexibility index (Phi) is 9.45. The Morgan fingerprint density at radius 3 is 2.06 bits per heavy atom. The molecule has 4 heteroatoms. The van der Waals surface area contributed by atoms with Crippen LogP contribution >= 0.6 is 0 Å². The molecular weight excluding hydrogens is 420 g/mol. The molecule has 2 amide bonds. The minimum absolute atomic E-state index is 0.00835. The summed E-state index contributed by atoms with van der Waals surface area (Å²) in [6, 6.07) is 27.5. The van der Waals surface area contributed by atoms with Gasteiger partial charge < -0.3 is 10.2 Å². The van der Waals surface area contributed by atoms with Gasteiger partial charge in [0.2, 0.25) is 11.8 Å². The molecule has 3 aromatic rings. The van der Waals surface area contributed by atoms with Gasteiger partial charge in [-0.1, -0.05) is 104 Å². The predicted octanol–water partition coefficient (Wildman–Crippen LogP) is 5.34. The zero-order valence-corrected chi connectivity index (χ0v) is 20.5. The molecule has 0 radical (unpaired) electrons. The highest BCUT2D eigenvalue weighted by atomic mass is 16.2. The van der Waals surface area contributed by atoms with Gasteiger partial charge in [-0.05, 0) is 36.0 Å². The second-order valence-electron chi connectivity index (χ2n) is 9.34. The van der Waals surface area contributed by atoms with Gasteiger partial charge in [0.15, 0.2) is 0 Å². The second-order valence-corrected chi connectivity index (χ2v) is 9.34. The van der Waals surface area contributed by atoms with Gasteiger partial charge in [0, 0.05) is 25.9 Å². The number of amides is 2. The molecule has 0 aliphatic heterocycles. The number of nitrogens with zero attached hydrogens (tertiary/aromatic N) is 1. The van der Waals surface area contributed by atoms with Crippen molar-refractivity contribution in [3.8, 4) is 0 Å². The van der Waals surface area contributed by atoms with E-state index < -0.39 is 6.04 Å². The summed E-state index contributed by atoms with van der Waals surface area (Å²) in [7, 11) is 0. The quantitative estimate of drug-likeness (QED) is 0.423. The fraction of sp³-hybridized carbons (Fsp3) is 0.333. The Morgan fingerprint density at radius 1 is 0.824 bits per heavy atom. The van der Waals surface area contributed by atoms with E-state index in [1.54, 1.807) is 4.90 Å². The summed E-state index contributed by atoms with van der Waals surface area (Å²) in [6.45, 7) is 7.17. The maximum absolute atomic E-state index is 13.6. The molecule has 3 aromatic carbocycles. The fourth-order valence-electron chi connectivity index (χ4n) is 4.02. The lowest BCUT2D eigenvalue weighted by atomic mass is 10.0. The number of benzene rings is 3. The van der Waals surface area contributed by atoms with Crippen LogP contribution in [-0.4, -0.2) is 29.3 Å². The van der Waals surface area contributed by atoms with Crippen molar-refractivity contribution in [2.45, 2.75) is 52.6 Å². The summed E-state index contributed by atoms with van der Waals surface area (Å²) in [4.78, 5) is 28.8. The van der Waals surface area contributed by atoms with Crippen molar-refractivity contribution < 1.29 is 9.59 Å². The monoisotopic (exact) mass is 456 g/mol. The molecule has 1 unspecified atom stereocenters. The number of carbonyl (C=O) groups is 2. The largest absolute Gasteiger partial charge is 0.354 e. The number of aryl methyl sites for hydroxylation is 2. The van der Waals surface area contributed by atoms with Gasteiger partial charge in [-0.3, -0.25) is 9.59 Å². The van der Waals surface area contributed by atoms with Crippen molar-refractivity contribution in [3.63, 3.8) is 0 Å². The number of carbonyl (C=O) groups excluding carboxylic acids is 2. The molecule has 1 atom stereocenters. The van der Waals surface area contributed by atoms with Crippen LogP contribution in [0.2, 0.25) is 0 Å². The van der Waals surface area contributed by atoms with E-state index in [1.807, 2.05) is 85.8 Å². The summed E-state index contributed by atoms with van der Waals surface area (Å²) < 4.78 is 0. The summed E-state index contributed by atoms with van der Waals surface area (Å²) in [6.07, 6.45) is 1.49. The normalized spacial score (nSPS) is 11.8. The summed E-state index contributed by atoms with van der Waals surface area (Å²) in [5.41, 5.74) is 4.33. The average molecular weight is 457 g/mol. The standard InChI is InChI=1S/C30H36N2O2/c1-23(2)21-31-30(34)28(20-26-14-8-5-9-15-26)32(22-27-16-10-11-24(3)19-27)29(33)18-17-25-12-6-4-7-13-25/h4-16,19,23,28H,17-18,20-22H2,1-3H3,(H,31,34). The molecule has 0 saturated carbocycles. The molecule has 0 aliphatic rings. The first-order chi connectivity index (χ1) is 16.4. The second kappa shape index (κ2) is 12.7. The fourth-order valence-corrected chi connectivity index (χ4v) is 4.02. The van der Waals surface area contributed by atoms with Crippen LogP contribution in [0, 0.1) is 12.8 Å². The van der Waals surface area contributed by atoms with E-state index in [4.69, 9.17) is 0 Å². The Morgan fingerprint density at radius 2 is 1.44 bits per heavy atom. The van der Waals surface area contributed by atoms with Crippen molar-refractivity contribution in [2.75, 3.05) is 6.54 Å². The minimum atomic E-state index is -0.579. The summed E-state index contributed by atoms with van der Waals surface area (Å²) >= 11 is 0. The summed E-state index contributed by atoms with van der Waals surface area (Å²) in [5, 5.41) is 3.08. The number of hydrogen-bond acceptors (Lipinski definition) is 2. The lowest BCUT2D eigenvalue weighted by Gasteiger charge is -2.32. The Balaban J connectivity index is 1.89. The zero-order valence-electron chi connectivity index (χ0n) is 20.5. The van der Waals surface area contributed by atoms with Crippen LogP contribution in [0.3, 0.4) is 0 Å². The van der Waals surface area contributed by atoms with Crippen LogP contribution in [0.5, 0.6) is 0 Å². The molecule has 34 heavy (non-hydrogen) atoms. The van der Waals surface area contributed by atoms with E-state index in [0.29, 0.717) is 38.3 Å². The van der Waals surface area contributed by atoms with Crippen molar-refractivity contribution >= 4 is 11.8 Å². The van der Waals surface area contributed by atoms with Gasteiger partial charge in [-0.15, -0.1) is 0 Å². The van der Waals surface area contributed by atoms with Crippen LogP contribution < -0.4 is 5.32 Å². The lowest BCUT2D eigenvalue weighted by Crippen LogP contribution is -2.51. The van der Waals surface area contributed by atoms with Crippen molar-refractivity contribution in [1.29, 1.82) is 0 Å². The van der Waals surface area contributed by atoms with Crippen molar-refractivity contribution in [3.05, 3.63) is 107 Å². The maximum Gasteiger partial charge on any atom is 0.243 e. The third-order valence-corrected chi connectivity index (χ3v) is 5.86. The van der Waals surface area contributed by atoms with Crippen LogP contribution in [0.25, 0.3) is 0 Å². The Labute approximate surface area is 204 Å². The highest BCUT2D eigenvalue weighted by Crippen LogP contribution is 2.18. The van der Waals surface area contributed by atoms with E-state index in [2.05, 4.69) is 25.2 Å². The Hall–Kier alpha value is -3.40. The first kappa shape index (κ1) is 25.2. The smallest absolute Gasteiger partial charge is 0.243 e. The molecule has 1 N–H and O–H groups in total. The van der Waals surface area contributed by atoms with Crippen LogP contribution in [0.4, 0.5) is 0 Å². The molecule has 0 aliphatic carbocycles. The Bertz CT molecular complexity index is 1050. The van der Waals surface area contributed by atoms with E-state index in [1.165, 1.54) is 0 Å². The number of hydrogen-bond donors (Lipinski definition) is 1. The van der Waals surface area contributed by atoms with Gasteiger partial charge in [-0.25, -0.2) is 0 Å². The highest BCUT2D eigenvalue weighted by molar-refractivity contribution is 5.88. The van der Waals surface area contributed by atoms with Gasteiger partial charge in [0.05, 0.1) is 0 Å². The van der Waals surface area contributed by atoms with Crippen molar-refractivity contribution in [2.24, 2.45) is 5.92 Å². The molecule has 178 valence electrons. The predicted molar refractivity (Wildman–Crippen MR) is 138 cm³/mol. The maximum atomic E-state index is 13.6. The first-order valence-electron chi connectivity index (χ1n) is 12.1. The SMILES string of the molecule is Cc1cccc(CN(C(=O)CCc2ccccc2)C(Cc2ccccc2)C(=O)NCC(C)C)c1. The summed E-state index contributed by atoms with van der Waals surface area (Å²) in [5.74, 6) is 0.226. The van der Waals surface area contributed by atoms with E-state index >= 15 is 0 Å². The minimum Gasteiger partial charge on any atom is -0.354 e. The van der Waals surface area contributed by atoms with Gasteiger partial charge >= 0.3 is 0 Å². The molecule has 3 rings (SSSR count). The molecule has 0 fully saturated rings. The van der Waals surface area contributed by atoms with Crippen molar-refractivity contribution in [1.82, 2.24) is 10.2 Å². The average Bonchev–Trinajstić information content (AvgIpc) is 2.84. The third-order valence-electron chi connectivity index (χ3n) is 5.86. The highest BCUT2D eigenvalue weighted by Gasteiger charge is 2.30.